The average molecular weight is 259 g/mol. The molecule has 3 nitrogen and oxygen atoms in total. The average Bonchev–Trinajstić information content (AvgIpc) is 2.82. The third kappa shape index (κ3) is 2.54. The molecule has 0 bridgehead atoms. The van der Waals surface area contributed by atoms with Gasteiger partial charge < -0.3 is 5.73 Å². The number of thiazole rings is 1. The molecular formula is C14H17N3S. The summed E-state index contributed by atoms with van der Waals surface area (Å²) in [6.07, 6.45) is 4.12. The molecular weight excluding hydrogens is 242 g/mol. The lowest BCUT2D eigenvalue weighted by atomic mass is 10.00. The highest BCUT2D eigenvalue weighted by Gasteiger charge is 2.15. The van der Waals surface area contributed by atoms with Gasteiger partial charge in [-0.1, -0.05) is 24.3 Å². The van der Waals surface area contributed by atoms with Crippen molar-refractivity contribution >= 4 is 16.5 Å². The van der Waals surface area contributed by atoms with Gasteiger partial charge in [0.05, 0.1) is 0 Å². The summed E-state index contributed by atoms with van der Waals surface area (Å²) in [6, 6.07) is 8.75. The fourth-order valence-electron chi connectivity index (χ4n) is 2.45. The van der Waals surface area contributed by atoms with E-state index in [1.54, 1.807) is 11.3 Å². The van der Waals surface area contributed by atoms with E-state index in [1.807, 2.05) is 6.20 Å². The number of aromatic nitrogens is 1. The van der Waals surface area contributed by atoms with Crippen molar-refractivity contribution in [3.05, 3.63) is 46.5 Å². The first-order chi connectivity index (χ1) is 8.81. The van der Waals surface area contributed by atoms with Gasteiger partial charge in [0.2, 0.25) is 0 Å². The van der Waals surface area contributed by atoms with E-state index in [0.717, 1.165) is 26.1 Å². The highest BCUT2D eigenvalue weighted by molar-refractivity contribution is 7.15. The second-order valence-electron chi connectivity index (χ2n) is 4.71. The van der Waals surface area contributed by atoms with Crippen LogP contribution in [0.1, 0.15) is 16.0 Å². The topological polar surface area (TPSA) is 42.1 Å². The fraction of sp³-hybridized carbons (Fsp3) is 0.357. The van der Waals surface area contributed by atoms with Crippen molar-refractivity contribution in [1.82, 2.24) is 9.88 Å². The Morgan fingerprint density at radius 1 is 1.28 bits per heavy atom. The molecule has 4 heteroatoms. The third-order valence-electron chi connectivity index (χ3n) is 3.46. The Morgan fingerprint density at radius 2 is 2.11 bits per heavy atom. The Balaban J connectivity index is 1.59. The van der Waals surface area contributed by atoms with Crippen LogP contribution in [-0.2, 0) is 19.4 Å². The Morgan fingerprint density at radius 3 is 2.89 bits per heavy atom. The summed E-state index contributed by atoms with van der Waals surface area (Å²) in [4.78, 5) is 7.89. The van der Waals surface area contributed by atoms with Gasteiger partial charge in [0.15, 0.2) is 5.13 Å². The maximum atomic E-state index is 5.64. The molecule has 3 rings (SSSR count). The van der Waals surface area contributed by atoms with E-state index in [4.69, 9.17) is 5.73 Å². The van der Waals surface area contributed by atoms with Gasteiger partial charge in [-0.25, -0.2) is 4.98 Å². The summed E-state index contributed by atoms with van der Waals surface area (Å²) in [6.45, 7) is 3.33. The number of nitrogens with two attached hydrogens (primary N) is 1. The molecule has 1 aromatic carbocycles. The van der Waals surface area contributed by atoms with Crippen molar-refractivity contribution in [1.29, 1.82) is 0 Å². The molecule has 0 aliphatic carbocycles. The lowest BCUT2D eigenvalue weighted by Gasteiger charge is -2.28. The van der Waals surface area contributed by atoms with Gasteiger partial charge in [0.25, 0.3) is 0 Å². The van der Waals surface area contributed by atoms with Crippen LogP contribution in [0.3, 0.4) is 0 Å². The summed E-state index contributed by atoms with van der Waals surface area (Å²) in [5.41, 5.74) is 8.63. The summed E-state index contributed by atoms with van der Waals surface area (Å²) in [7, 11) is 0. The molecule has 1 aromatic heterocycles. The Kier molecular flexibility index (Phi) is 3.30. The standard InChI is InChI=1S/C14H17N3S/c15-14-16-9-13(18-14)6-8-17-7-5-11-3-1-2-4-12(11)10-17/h1-4,9H,5-8,10H2,(H2,15,16). The van der Waals surface area contributed by atoms with Crippen LogP contribution in [0.2, 0.25) is 0 Å². The largest absolute Gasteiger partial charge is 0.375 e. The van der Waals surface area contributed by atoms with Gasteiger partial charge in [0.1, 0.15) is 0 Å². The van der Waals surface area contributed by atoms with E-state index in [1.165, 1.54) is 22.4 Å². The molecule has 0 unspecified atom stereocenters. The van der Waals surface area contributed by atoms with E-state index in [-0.39, 0.29) is 0 Å². The molecule has 2 N–H and O–H groups in total. The lowest BCUT2D eigenvalue weighted by Crippen LogP contribution is -2.32. The van der Waals surface area contributed by atoms with Crippen molar-refractivity contribution in [2.45, 2.75) is 19.4 Å². The molecule has 0 spiro atoms. The highest BCUT2D eigenvalue weighted by atomic mass is 32.1. The number of fused-ring (bicyclic) bond motifs is 1. The van der Waals surface area contributed by atoms with Gasteiger partial charge in [-0.3, -0.25) is 4.90 Å². The molecule has 0 fully saturated rings. The van der Waals surface area contributed by atoms with Crippen molar-refractivity contribution in [3.63, 3.8) is 0 Å². The minimum Gasteiger partial charge on any atom is -0.375 e. The van der Waals surface area contributed by atoms with Crippen LogP contribution in [0.5, 0.6) is 0 Å². The summed E-state index contributed by atoms with van der Waals surface area (Å²) < 4.78 is 0. The summed E-state index contributed by atoms with van der Waals surface area (Å²) >= 11 is 1.60. The quantitative estimate of drug-likeness (QED) is 0.920. The zero-order chi connectivity index (χ0) is 12.4. The zero-order valence-electron chi connectivity index (χ0n) is 10.3. The van der Waals surface area contributed by atoms with Crippen LogP contribution in [-0.4, -0.2) is 23.0 Å². The summed E-state index contributed by atoms with van der Waals surface area (Å²) in [5, 5.41) is 0.675. The van der Waals surface area contributed by atoms with E-state index in [9.17, 15) is 0 Å². The van der Waals surface area contributed by atoms with Crippen molar-refractivity contribution in [3.8, 4) is 0 Å². The second kappa shape index (κ2) is 5.08. The third-order valence-corrected chi connectivity index (χ3v) is 4.34. The maximum absolute atomic E-state index is 5.64. The number of nitrogens with zero attached hydrogens (tertiary/aromatic N) is 2. The molecule has 0 saturated heterocycles. The first-order valence-electron chi connectivity index (χ1n) is 6.30. The van der Waals surface area contributed by atoms with E-state index >= 15 is 0 Å². The van der Waals surface area contributed by atoms with E-state index < -0.39 is 0 Å². The van der Waals surface area contributed by atoms with Gasteiger partial charge in [-0.05, 0) is 24.0 Å². The monoisotopic (exact) mass is 259 g/mol. The molecule has 18 heavy (non-hydrogen) atoms. The molecule has 0 amide bonds. The lowest BCUT2D eigenvalue weighted by molar-refractivity contribution is 0.258. The number of rotatable bonds is 3. The number of benzene rings is 1. The molecule has 1 aliphatic heterocycles. The number of hydrogen-bond acceptors (Lipinski definition) is 4. The molecule has 0 atom stereocenters. The Labute approximate surface area is 111 Å². The molecule has 94 valence electrons. The minimum absolute atomic E-state index is 0.675. The predicted molar refractivity (Wildman–Crippen MR) is 75.7 cm³/mol. The van der Waals surface area contributed by atoms with Crippen molar-refractivity contribution in [2.24, 2.45) is 0 Å². The van der Waals surface area contributed by atoms with Crippen molar-refractivity contribution in [2.75, 3.05) is 18.8 Å². The predicted octanol–water partition coefficient (Wildman–Crippen LogP) is 2.33. The second-order valence-corrected chi connectivity index (χ2v) is 5.86. The molecule has 0 saturated carbocycles. The van der Waals surface area contributed by atoms with Gasteiger partial charge >= 0.3 is 0 Å². The number of nitrogen functional groups attached to an aromatic ring is 1. The molecule has 0 radical (unpaired) electrons. The SMILES string of the molecule is Nc1ncc(CCN2CCc3ccccc3C2)s1. The van der Waals surface area contributed by atoms with Gasteiger partial charge in [-0.15, -0.1) is 11.3 Å². The molecule has 2 heterocycles. The van der Waals surface area contributed by atoms with Crippen LogP contribution >= 0.6 is 11.3 Å². The summed E-state index contributed by atoms with van der Waals surface area (Å²) in [5.74, 6) is 0. The normalized spacial score (nSPS) is 15.6. The van der Waals surface area contributed by atoms with E-state index in [0.29, 0.717) is 5.13 Å². The fourth-order valence-corrected chi connectivity index (χ4v) is 3.12. The van der Waals surface area contributed by atoms with Crippen LogP contribution in [0.25, 0.3) is 0 Å². The van der Waals surface area contributed by atoms with E-state index in [2.05, 4.69) is 34.1 Å². The van der Waals surface area contributed by atoms with Crippen LogP contribution in [0.15, 0.2) is 30.5 Å². The van der Waals surface area contributed by atoms with Gasteiger partial charge in [-0.2, -0.15) is 0 Å². The number of hydrogen-bond donors (Lipinski definition) is 1. The van der Waals surface area contributed by atoms with Crippen molar-refractivity contribution < 1.29 is 0 Å². The molecule has 1 aliphatic rings. The maximum Gasteiger partial charge on any atom is 0.180 e. The van der Waals surface area contributed by atoms with Crippen LogP contribution in [0.4, 0.5) is 5.13 Å². The first kappa shape index (κ1) is 11.7. The van der Waals surface area contributed by atoms with Crippen LogP contribution in [0, 0.1) is 0 Å². The van der Waals surface area contributed by atoms with Gasteiger partial charge in [0, 0.05) is 30.7 Å². The van der Waals surface area contributed by atoms with Crippen LogP contribution < -0.4 is 5.73 Å². The Bertz CT molecular complexity index is 535. The Hall–Kier alpha value is -1.39. The smallest absolute Gasteiger partial charge is 0.180 e. The molecule has 2 aromatic rings. The zero-order valence-corrected chi connectivity index (χ0v) is 11.1. The minimum atomic E-state index is 0.675. The first-order valence-corrected chi connectivity index (χ1v) is 7.12. The highest BCUT2D eigenvalue weighted by Crippen LogP contribution is 2.20. The number of anilines is 1.